The zero-order chi connectivity index (χ0) is 14.4. The van der Waals surface area contributed by atoms with Crippen LogP contribution in [0.5, 0.6) is 5.75 Å². The minimum atomic E-state index is 0.253. The maximum atomic E-state index is 9.49. The van der Waals surface area contributed by atoms with Crippen LogP contribution < -0.4 is 10.6 Å². The molecule has 0 aromatic heterocycles. The van der Waals surface area contributed by atoms with Gasteiger partial charge in [-0.1, -0.05) is 6.42 Å². The van der Waals surface area contributed by atoms with Crippen molar-refractivity contribution in [2.24, 2.45) is 16.6 Å². The Morgan fingerprint density at radius 1 is 1.14 bits per heavy atom. The molecule has 0 radical (unpaired) electrons. The summed E-state index contributed by atoms with van der Waals surface area (Å²) in [5.74, 6) is 1.47. The summed E-state index contributed by atoms with van der Waals surface area (Å²) >= 11 is 0. The summed E-state index contributed by atoms with van der Waals surface area (Å²) in [4.78, 5) is 8.66. The minimum Gasteiger partial charge on any atom is -0.508 e. The Kier molecular flexibility index (Phi) is 2.67. The maximum Gasteiger partial charge on any atom is 0.148 e. The SMILES string of the molecule is NC1=NC=CN2C1=CN(c1ccc(O)cc1)C2C1CCC1. The number of hydrogen-bond acceptors (Lipinski definition) is 5. The molecule has 1 saturated carbocycles. The van der Waals surface area contributed by atoms with Gasteiger partial charge in [0.05, 0.1) is 0 Å². The molecule has 0 saturated heterocycles. The molecule has 21 heavy (non-hydrogen) atoms. The lowest BCUT2D eigenvalue weighted by Crippen LogP contribution is -2.47. The van der Waals surface area contributed by atoms with Crippen molar-refractivity contribution in [1.82, 2.24) is 4.90 Å². The first-order valence-corrected chi connectivity index (χ1v) is 7.32. The van der Waals surface area contributed by atoms with Crippen LogP contribution in [-0.4, -0.2) is 22.0 Å². The summed E-state index contributed by atoms with van der Waals surface area (Å²) in [6.07, 6.45) is 9.86. The molecule has 1 fully saturated rings. The first-order valence-electron chi connectivity index (χ1n) is 7.32. The molecule has 1 atom stereocenters. The molecule has 3 aliphatic rings. The molecular weight excluding hydrogens is 264 g/mol. The molecule has 2 heterocycles. The highest BCUT2D eigenvalue weighted by atomic mass is 16.3. The predicted molar refractivity (Wildman–Crippen MR) is 82.4 cm³/mol. The van der Waals surface area contributed by atoms with Gasteiger partial charge in [-0.25, -0.2) is 4.99 Å². The van der Waals surface area contributed by atoms with Crippen molar-refractivity contribution in [3.8, 4) is 5.75 Å². The van der Waals surface area contributed by atoms with Gasteiger partial charge in [-0.2, -0.15) is 0 Å². The summed E-state index contributed by atoms with van der Waals surface area (Å²) < 4.78 is 0. The Hall–Kier alpha value is -2.43. The zero-order valence-electron chi connectivity index (χ0n) is 11.7. The van der Waals surface area contributed by atoms with Gasteiger partial charge in [0.2, 0.25) is 0 Å². The Morgan fingerprint density at radius 3 is 2.57 bits per heavy atom. The van der Waals surface area contributed by atoms with Crippen LogP contribution >= 0.6 is 0 Å². The van der Waals surface area contributed by atoms with Gasteiger partial charge in [-0.05, 0) is 43.0 Å². The minimum absolute atomic E-state index is 0.253. The number of phenols is 1. The number of benzene rings is 1. The molecule has 5 nitrogen and oxygen atoms in total. The van der Waals surface area contributed by atoms with Crippen molar-refractivity contribution in [2.45, 2.75) is 25.4 Å². The fourth-order valence-electron chi connectivity index (χ4n) is 3.21. The zero-order valence-corrected chi connectivity index (χ0v) is 11.7. The normalized spacial score (nSPS) is 24.5. The van der Waals surface area contributed by atoms with Crippen molar-refractivity contribution in [1.29, 1.82) is 0 Å². The summed E-state index contributed by atoms with van der Waals surface area (Å²) in [7, 11) is 0. The molecule has 3 N–H and O–H groups in total. The smallest absolute Gasteiger partial charge is 0.148 e. The highest BCUT2D eigenvalue weighted by Crippen LogP contribution is 2.41. The Bertz CT molecular complexity index is 643. The van der Waals surface area contributed by atoms with Gasteiger partial charge < -0.3 is 20.6 Å². The van der Waals surface area contributed by atoms with E-state index in [0.29, 0.717) is 11.8 Å². The van der Waals surface area contributed by atoms with Crippen molar-refractivity contribution in [3.63, 3.8) is 0 Å². The van der Waals surface area contributed by atoms with E-state index in [4.69, 9.17) is 5.73 Å². The second-order valence-electron chi connectivity index (χ2n) is 5.76. The first-order chi connectivity index (χ1) is 10.2. The van der Waals surface area contributed by atoms with E-state index in [9.17, 15) is 5.11 Å². The van der Waals surface area contributed by atoms with Crippen LogP contribution in [-0.2, 0) is 0 Å². The molecule has 0 spiro atoms. The van der Waals surface area contributed by atoms with Crippen LogP contribution in [0.3, 0.4) is 0 Å². The van der Waals surface area contributed by atoms with Crippen LogP contribution in [0.25, 0.3) is 0 Å². The molecule has 4 rings (SSSR count). The second-order valence-corrected chi connectivity index (χ2v) is 5.76. The van der Waals surface area contributed by atoms with Crippen LogP contribution in [0.1, 0.15) is 19.3 Å². The number of amidine groups is 1. The highest BCUT2D eigenvalue weighted by molar-refractivity contribution is 5.98. The lowest BCUT2D eigenvalue weighted by Gasteiger charge is -2.42. The van der Waals surface area contributed by atoms with Crippen molar-refractivity contribution in [2.75, 3.05) is 4.90 Å². The summed E-state index contributed by atoms with van der Waals surface area (Å²) in [5, 5.41) is 9.49. The molecule has 2 aliphatic heterocycles. The predicted octanol–water partition coefficient (Wildman–Crippen LogP) is 2.32. The largest absolute Gasteiger partial charge is 0.508 e. The number of nitrogens with two attached hydrogens (primary N) is 1. The van der Waals surface area contributed by atoms with Gasteiger partial charge in [-0.15, -0.1) is 0 Å². The lowest BCUT2D eigenvalue weighted by molar-refractivity contribution is 0.180. The van der Waals surface area contributed by atoms with Crippen molar-refractivity contribution < 1.29 is 5.11 Å². The summed E-state index contributed by atoms with van der Waals surface area (Å²) in [6.45, 7) is 0. The Balaban J connectivity index is 1.74. The number of rotatable bonds is 2. The highest BCUT2D eigenvalue weighted by Gasteiger charge is 2.41. The second kappa shape index (κ2) is 4.55. The van der Waals surface area contributed by atoms with Crippen LogP contribution in [0, 0.1) is 5.92 Å². The summed E-state index contributed by atoms with van der Waals surface area (Å²) in [6, 6.07) is 7.31. The molecular formula is C16H18N4O. The average molecular weight is 282 g/mol. The number of anilines is 1. The Morgan fingerprint density at radius 2 is 1.90 bits per heavy atom. The molecule has 0 amide bonds. The number of phenolic OH excluding ortho intramolecular Hbond substituents is 1. The molecule has 1 aromatic rings. The third-order valence-electron chi connectivity index (χ3n) is 4.53. The van der Waals surface area contributed by atoms with Crippen molar-refractivity contribution >= 4 is 11.5 Å². The van der Waals surface area contributed by atoms with Crippen molar-refractivity contribution in [3.05, 3.63) is 48.6 Å². The van der Waals surface area contributed by atoms with E-state index in [1.54, 1.807) is 18.3 Å². The molecule has 108 valence electrons. The number of aromatic hydroxyl groups is 1. The van der Waals surface area contributed by atoms with E-state index < -0.39 is 0 Å². The van der Waals surface area contributed by atoms with Crippen LogP contribution in [0.2, 0.25) is 0 Å². The third-order valence-corrected chi connectivity index (χ3v) is 4.53. The molecule has 0 bridgehead atoms. The molecule has 1 unspecified atom stereocenters. The van der Waals surface area contributed by atoms with Gasteiger partial charge in [0.25, 0.3) is 0 Å². The van der Waals surface area contributed by atoms with Gasteiger partial charge in [0.15, 0.2) is 0 Å². The molecule has 5 heteroatoms. The average Bonchev–Trinajstić information content (AvgIpc) is 2.79. The molecule has 1 aromatic carbocycles. The number of nitrogens with zero attached hydrogens (tertiary/aromatic N) is 3. The van der Waals surface area contributed by atoms with E-state index in [1.807, 2.05) is 18.3 Å². The fourth-order valence-corrected chi connectivity index (χ4v) is 3.21. The Labute approximate surface area is 123 Å². The fraction of sp³-hybridized carbons (Fsp3) is 0.312. The van der Waals surface area contributed by atoms with E-state index in [2.05, 4.69) is 21.0 Å². The van der Waals surface area contributed by atoms with E-state index in [-0.39, 0.29) is 11.9 Å². The van der Waals surface area contributed by atoms with E-state index in [0.717, 1.165) is 11.4 Å². The van der Waals surface area contributed by atoms with Gasteiger partial charge in [0.1, 0.15) is 23.4 Å². The third kappa shape index (κ3) is 1.88. The number of fused-ring (bicyclic) bond motifs is 1. The quantitative estimate of drug-likeness (QED) is 0.873. The molecule has 1 aliphatic carbocycles. The van der Waals surface area contributed by atoms with Gasteiger partial charge in [-0.3, -0.25) is 0 Å². The number of hydrogen-bond donors (Lipinski definition) is 2. The van der Waals surface area contributed by atoms with Crippen LogP contribution in [0.15, 0.2) is 53.6 Å². The van der Waals surface area contributed by atoms with Gasteiger partial charge >= 0.3 is 0 Å². The van der Waals surface area contributed by atoms with Gasteiger partial charge in [0, 0.05) is 24.3 Å². The van der Waals surface area contributed by atoms with E-state index in [1.165, 1.54) is 19.3 Å². The number of aliphatic imine (C=N–C) groups is 1. The first kappa shape index (κ1) is 12.3. The van der Waals surface area contributed by atoms with E-state index >= 15 is 0 Å². The topological polar surface area (TPSA) is 65.1 Å². The maximum absolute atomic E-state index is 9.49. The van der Waals surface area contributed by atoms with Crippen LogP contribution in [0.4, 0.5) is 5.69 Å². The lowest BCUT2D eigenvalue weighted by atomic mass is 9.82. The standard InChI is InChI=1S/C16H18N4O/c17-15-14-10-20(12-4-6-13(21)7-5-12)16(11-2-1-3-11)19(14)9-8-18-15/h4-11,16,21H,1-3H2,(H2,17,18). The monoisotopic (exact) mass is 282 g/mol. The summed E-state index contributed by atoms with van der Waals surface area (Å²) in [5.41, 5.74) is 8.05.